The molecular formula is C40H38N2O2. The molecule has 4 nitrogen and oxygen atoms in total. The van der Waals surface area contributed by atoms with Crippen LogP contribution in [0.25, 0.3) is 10.8 Å². The number of hydrogen-bond donors (Lipinski definition) is 1. The fourth-order valence-electron chi connectivity index (χ4n) is 6.43. The smallest absolute Gasteiger partial charge is 0.165 e. The Labute approximate surface area is 259 Å². The first kappa shape index (κ1) is 29.3. The minimum Gasteiger partial charge on any atom is -0.378 e. The van der Waals surface area contributed by atoms with Gasteiger partial charge in [0.05, 0.1) is 12.0 Å². The molecule has 220 valence electrons. The molecule has 0 aliphatic heterocycles. The highest BCUT2D eigenvalue weighted by Gasteiger charge is 2.42. The maximum absolute atomic E-state index is 12.6. The molecule has 44 heavy (non-hydrogen) atoms. The van der Waals surface area contributed by atoms with E-state index in [0.29, 0.717) is 11.3 Å². The fourth-order valence-corrected chi connectivity index (χ4v) is 6.43. The van der Waals surface area contributed by atoms with Gasteiger partial charge in [-0.25, -0.2) is 4.98 Å². The first-order chi connectivity index (χ1) is 21.3. The van der Waals surface area contributed by atoms with Crippen LogP contribution in [0.2, 0.25) is 0 Å². The average molecular weight is 579 g/mol. The summed E-state index contributed by atoms with van der Waals surface area (Å²) < 4.78 is 2.14. The third kappa shape index (κ3) is 4.86. The van der Waals surface area contributed by atoms with E-state index in [1.165, 1.54) is 0 Å². The van der Waals surface area contributed by atoms with Gasteiger partial charge in [0.2, 0.25) is 0 Å². The summed E-state index contributed by atoms with van der Waals surface area (Å²) in [4.78, 5) is 17.6. The Kier molecular flexibility index (Phi) is 7.79. The number of fused-ring (bicyclic) bond motifs is 1. The summed E-state index contributed by atoms with van der Waals surface area (Å²) in [6.45, 7) is 7.87. The predicted molar refractivity (Wildman–Crippen MR) is 178 cm³/mol. The van der Waals surface area contributed by atoms with Crippen LogP contribution in [0.15, 0.2) is 140 Å². The van der Waals surface area contributed by atoms with Crippen molar-refractivity contribution in [3.8, 4) is 0 Å². The van der Waals surface area contributed by atoms with Gasteiger partial charge in [0, 0.05) is 17.7 Å². The van der Waals surface area contributed by atoms with E-state index in [1.54, 1.807) is 0 Å². The molecule has 6 aromatic rings. The highest BCUT2D eigenvalue weighted by atomic mass is 16.3. The Hall–Kier alpha value is -4.80. The van der Waals surface area contributed by atoms with E-state index in [0.717, 1.165) is 33.0 Å². The first-order valence-corrected chi connectivity index (χ1v) is 15.3. The molecule has 0 amide bonds. The maximum atomic E-state index is 12.6. The van der Waals surface area contributed by atoms with Gasteiger partial charge in [-0.2, -0.15) is 0 Å². The van der Waals surface area contributed by atoms with Crippen molar-refractivity contribution in [1.29, 1.82) is 0 Å². The van der Waals surface area contributed by atoms with Crippen LogP contribution in [0.4, 0.5) is 0 Å². The van der Waals surface area contributed by atoms with Gasteiger partial charge < -0.3 is 9.67 Å². The number of imidazole rings is 1. The molecule has 1 heterocycles. The van der Waals surface area contributed by atoms with Gasteiger partial charge >= 0.3 is 0 Å². The molecule has 0 bridgehead atoms. The lowest BCUT2D eigenvalue weighted by molar-refractivity contribution is 0.0279. The summed E-state index contributed by atoms with van der Waals surface area (Å²) in [5.74, 6) is -0.119. The van der Waals surface area contributed by atoms with Crippen LogP contribution in [0.3, 0.4) is 0 Å². The van der Waals surface area contributed by atoms with Crippen LogP contribution in [0, 0.1) is 11.8 Å². The van der Waals surface area contributed by atoms with Gasteiger partial charge in [-0.3, -0.25) is 4.79 Å². The largest absolute Gasteiger partial charge is 0.378 e. The average Bonchev–Trinajstić information content (AvgIpc) is 3.56. The number of rotatable bonds is 9. The molecule has 5 aromatic carbocycles. The van der Waals surface area contributed by atoms with Gasteiger partial charge in [0.25, 0.3) is 0 Å². The number of hydrogen-bond acceptors (Lipinski definition) is 3. The normalized spacial score (nSPS) is 13.3. The third-order valence-corrected chi connectivity index (χ3v) is 8.86. The van der Waals surface area contributed by atoms with Crippen molar-refractivity contribution in [3.05, 3.63) is 173 Å². The quantitative estimate of drug-likeness (QED) is 0.138. The molecule has 0 spiro atoms. The van der Waals surface area contributed by atoms with Crippen LogP contribution >= 0.6 is 0 Å². The molecule has 1 atom stereocenters. The number of Topliss-reactive ketones (excluding diaryl/α,β-unsaturated/α-hetero) is 1. The fraction of sp³-hybridized carbons (Fsp3) is 0.200. The number of aromatic nitrogens is 2. The zero-order valence-electron chi connectivity index (χ0n) is 25.7. The van der Waals surface area contributed by atoms with E-state index >= 15 is 0 Å². The molecule has 1 N–H and O–H groups in total. The minimum atomic E-state index is -1.36. The Morgan fingerprint density at radius 3 is 1.66 bits per heavy atom. The molecule has 0 saturated carbocycles. The highest BCUT2D eigenvalue weighted by Crippen LogP contribution is 2.43. The van der Waals surface area contributed by atoms with E-state index in [9.17, 15) is 9.90 Å². The topological polar surface area (TPSA) is 55.1 Å². The van der Waals surface area contributed by atoms with Gasteiger partial charge in [-0.1, -0.05) is 143 Å². The van der Waals surface area contributed by atoms with Gasteiger partial charge in [-0.05, 0) is 51.1 Å². The van der Waals surface area contributed by atoms with Crippen molar-refractivity contribution in [3.63, 3.8) is 0 Å². The molecule has 4 heteroatoms. The summed E-state index contributed by atoms with van der Waals surface area (Å²) in [5, 5.41) is 14.5. The van der Waals surface area contributed by atoms with Crippen molar-refractivity contribution in [2.75, 3.05) is 0 Å². The van der Waals surface area contributed by atoms with Crippen LogP contribution in [0.5, 0.6) is 0 Å². The molecule has 0 radical (unpaired) electrons. The number of aliphatic hydroxyl groups is 1. The number of carbonyl (C=O) groups is 1. The monoisotopic (exact) mass is 578 g/mol. The van der Waals surface area contributed by atoms with Gasteiger partial charge in [-0.15, -0.1) is 0 Å². The van der Waals surface area contributed by atoms with Crippen molar-refractivity contribution < 1.29 is 9.90 Å². The Bertz CT molecular complexity index is 1800. The summed E-state index contributed by atoms with van der Waals surface area (Å²) in [7, 11) is 0. The third-order valence-electron chi connectivity index (χ3n) is 8.86. The van der Waals surface area contributed by atoms with Gasteiger partial charge in [0.1, 0.15) is 11.1 Å². The van der Waals surface area contributed by atoms with E-state index in [1.807, 2.05) is 94.8 Å². The van der Waals surface area contributed by atoms with Crippen molar-refractivity contribution in [2.45, 2.75) is 38.8 Å². The van der Waals surface area contributed by atoms with Crippen LogP contribution in [-0.4, -0.2) is 20.4 Å². The maximum Gasteiger partial charge on any atom is 0.165 e. The van der Waals surface area contributed by atoms with E-state index in [4.69, 9.17) is 4.98 Å². The summed E-state index contributed by atoms with van der Waals surface area (Å²) >= 11 is 0. The minimum absolute atomic E-state index is 0.0670. The van der Waals surface area contributed by atoms with Crippen LogP contribution < -0.4 is 0 Å². The molecule has 6 rings (SSSR count). The second-order valence-corrected chi connectivity index (χ2v) is 12.2. The lowest BCUT2D eigenvalue weighted by Gasteiger charge is -2.37. The lowest BCUT2D eigenvalue weighted by atomic mass is 9.76. The Morgan fingerprint density at radius 2 is 1.16 bits per heavy atom. The molecule has 1 aromatic heterocycles. The van der Waals surface area contributed by atoms with E-state index in [2.05, 4.69) is 77.4 Å². The van der Waals surface area contributed by atoms with Crippen molar-refractivity contribution in [2.24, 2.45) is 11.8 Å². The molecule has 0 fully saturated rings. The van der Waals surface area contributed by atoms with Crippen LogP contribution in [0.1, 0.15) is 66.0 Å². The summed E-state index contributed by atoms with van der Waals surface area (Å²) in [6.07, 6.45) is 3.85. The van der Waals surface area contributed by atoms with E-state index < -0.39 is 11.1 Å². The van der Waals surface area contributed by atoms with Crippen LogP contribution in [-0.2, 0) is 11.1 Å². The van der Waals surface area contributed by atoms with Gasteiger partial charge in [0.15, 0.2) is 5.78 Å². The zero-order chi connectivity index (χ0) is 30.9. The molecular weight excluding hydrogens is 540 g/mol. The Morgan fingerprint density at radius 1 is 0.659 bits per heavy atom. The summed E-state index contributed by atoms with van der Waals surface area (Å²) in [5.41, 5.74) is 3.23. The second kappa shape index (κ2) is 11.7. The first-order valence-electron chi connectivity index (χ1n) is 15.3. The highest BCUT2D eigenvalue weighted by molar-refractivity contribution is 6.01. The lowest BCUT2D eigenvalue weighted by Crippen LogP contribution is -2.37. The molecule has 0 saturated heterocycles. The Balaban J connectivity index is 1.53. The number of benzene rings is 5. The number of ketones is 1. The molecule has 1 unspecified atom stereocenters. The van der Waals surface area contributed by atoms with E-state index in [-0.39, 0.29) is 17.6 Å². The second-order valence-electron chi connectivity index (χ2n) is 12.2. The van der Waals surface area contributed by atoms with Crippen molar-refractivity contribution >= 4 is 16.6 Å². The predicted octanol–water partition coefficient (Wildman–Crippen LogP) is 8.61. The number of nitrogens with zero attached hydrogens (tertiary/aromatic N) is 2. The molecule has 0 aliphatic rings. The standard InChI is InChI=1S/C40H38N2O2/c1-28(2)38(43)32-21-20-31-25-36(23-22-30(31)24-32)40(44,29(3)4)37-26-42(27-41-37)39(33-14-8-5-9-15-33,34-16-10-6-11-17-34)35-18-12-7-13-19-35/h5-29,44H,1-4H3. The van der Waals surface area contributed by atoms with Crippen molar-refractivity contribution in [1.82, 2.24) is 9.55 Å². The zero-order valence-corrected chi connectivity index (χ0v) is 25.7. The summed E-state index contributed by atoms with van der Waals surface area (Å²) in [6, 6.07) is 43.1. The SMILES string of the molecule is CC(C)C(=O)c1ccc2cc(C(O)(c3cn(C(c4ccccc4)(c4ccccc4)c4ccccc4)cn3)C(C)C)ccc2c1. The number of carbonyl (C=O) groups excluding carboxylic acids is 1. The molecule has 0 aliphatic carbocycles.